The minimum Gasteiger partial charge on any atom is -0.494 e. The Morgan fingerprint density at radius 1 is 0.939 bits per heavy atom. The second-order valence-corrected chi connectivity index (χ2v) is 7.74. The van der Waals surface area contributed by atoms with E-state index in [0.29, 0.717) is 56.4 Å². The standard InChI is InChI=1S/C25H26F2N2O4/c1-2-31-19-6-8-20(9-7-19)32-17-21-10-11-23(33-21)25(30)29-14-12-28(13-15-29)16-18-4-3-5-22(26)24(18)27/h3-11H,2,12-17H2,1H3. The number of hydrogen-bond donors (Lipinski definition) is 0. The van der Waals surface area contributed by atoms with Crippen LogP contribution < -0.4 is 9.47 Å². The average molecular weight is 456 g/mol. The van der Waals surface area contributed by atoms with Crippen LogP contribution in [-0.4, -0.2) is 48.5 Å². The zero-order valence-electron chi connectivity index (χ0n) is 18.4. The van der Waals surface area contributed by atoms with Gasteiger partial charge in [0.2, 0.25) is 0 Å². The number of carbonyl (C=O) groups excluding carboxylic acids is 1. The first-order chi connectivity index (χ1) is 16.0. The fraction of sp³-hybridized carbons (Fsp3) is 0.320. The topological polar surface area (TPSA) is 55.2 Å². The third-order valence-electron chi connectivity index (χ3n) is 5.47. The minimum atomic E-state index is -0.846. The number of ether oxygens (including phenoxy) is 2. The van der Waals surface area contributed by atoms with Crippen LogP contribution in [0.4, 0.5) is 8.78 Å². The number of nitrogens with zero attached hydrogens (tertiary/aromatic N) is 2. The maximum Gasteiger partial charge on any atom is 0.289 e. The zero-order chi connectivity index (χ0) is 23.2. The monoisotopic (exact) mass is 456 g/mol. The van der Waals surface area contributed by atoms with Gasteiger partial charge in [0.05, 0.1) is 6.61 Å². The van der Waals surface area contributed by atoms with E-state index in [0.717, 1.165) is 11.8 Å². The lowest BCUT2D eigenvalue weighted by Gasteiger charge is -2.34. The van der Waals surface area contributed by atoms with Gasteiger partial charge in [-0.25, -0.2) is 8.78 Å². The van der Waals surface area contributed by atoms with E-state index < -0.39 is 11.6 Å². The molecule has 4 rings (SSSR count). The number of amides is 1. The van der Waals surface area contributed by atoms with Gasteiger partial charge in [-0.15, -0.1) is 0 Å². The summed E-state index contributed by atoms with van der Waals surface area (Å²) in [6.07, 6.45) is 0. The van der Waals surface area contributed by atoms with Gasteiger partial charge in [0.25, 0.3) is 5.91 Å². The molecule has 0 atom stereocenters. The average Bonchev–Trinajstić information content (AvgIpc) is 3.31. The molecule has 8 heteroatoms. The van der Waals surface area contributed by atoms with E-state index in [1.54, 1.807) is 23.1 Å². The summed E-state index contributed by atoms with van der Waals surface area (Å²) in [6.45, 7) is 5.13. The molecule has 0 N–H and O–H groups in total. The number of carbonyl (C=O) groups is 1. The molecule has 1 fully saturated rings. The van der Waals surface area contributed by atoms with E-state index in [2.05, 4.69) is 0 Å². The number of rotatable bonds is 8. The van der Waals surface area contributed by atoms with Gasteiger partial charge in [0.15, 0.2) is 17.4 Å². The molecular weight excluding hydrogens is 430 g/mol. The first kappa shape index (κ1) is 22.8. The van der Waals surface area contributed by atoms with E-state index in [1.165, 1.54) is 6.07 Å². The van der Waals surface area contributed by atoms with E-state index in [1.807, 2.05) is 36.1 Å². The molecule has 33 heavy (non-hydrogen) atoms. The van der Waals surface area contributed by atoms with Crippen molar-refractivity contribution in [3.63, 3.8) is 0 Å². The van der Waals surface area contributed by atoms with Crippen LogP contribution in [0.2, 0.25) is 0 Å². The Bertz CT molecular complexity index is 1080. The van der Waals surface area contributed by atoms with E-state index >= 15 is 0 Å². The van der Waals surface area contributed by atoms with Crippen molar-refractivity contribution in [2.75, 3.05) is 32.8 Å². The maximum absolute atomic E-state index is 13.9. The van der Waals surface area contributed by atoms with Gasteiger partial charge in [-0.3, -0.25) is 9.69 Å². The Hall–Kier alpha value is -3.39. The molecule has 1 saturated heterocycles. The molecule has 1 aromatic heterocycles. The lowest BCUT2D eigenvalue weighted by molar-refractivity contribution is 0.0592. The number of piperazine rings is 1. The van der Waals surface area contributed by atoms with Crippen LogP contribution >= 0.6 is 0 Å². The highest BCUT2D eigenvalue weighted by Crippen LogP contribution is 2.20. The molecule has 2 aromatic carbocycles. The molecule has 3 aromatic rings. The van der Waals surface area contributed by atoms with E-state index in [4.69, 9.17) is 13.9 Å². The minimum absolute atomic E-state index is 0.195. The predicted molar refractivity (Wildman–Crippen MR) is 118 cm³/mol. The lowest BCUT2D eigenvalue weighted by atomic mass is 10.1. The smallest absolute Gasteiger partial charge is 0.289 e. The molecule has 1 amide bonds. The zero-order valence-corrected chi connectivity index (χ0v) is 18.4. The third kappa shape index (κ3) is 5.70. The van der Waals surface area contributed by atoms with Gasteiger partial charge in [-0.05, 0) is 49.4 Å². The summed E-state index contributed by atoms with van der Waals surface area (Å²) < 4.78 is 44.1. The van der Waals surface area contributed by atoms with Crippen LogP contribution in [0.25, 0.3) is 0 Å². The predicted octanol–water partition coefficient (Wildman–Crippen LogP) is 4.49. The summed E-state index contributed by atoms with van der Waals surface area (Å²) >= 11 is 0. The molecule has 1 aliphatic rings. The summed E-state index contributed by atoms with van der Waals surface area (Å²) in [5.41, 5.74) is 0.318. The van der Waals surface area contributed by atoms with Crippen LogP contribution in [0.15, 0.2) is 59.0 Å². The summed E-state index contributed by atoms with van der Waals surface area (Å²) in [6, 6.07) is 14.9. The van der Waals surface area contributed by atoms with Crippen LogP contribution in [-0.2, 0) is 13.2 Å². The van der Waals surface area contributed by atoms with Crippen molar-refractivity contribution < 1.29 is 27.5 Å². The number of benzene rings is 2. The Labute approximate surface area is 191 Å². The summed E-state index contributed by atoms with van der Waals surface area (Å²) in [5, 5.41) is 0. The van der Waals surface area contributed by atoms with Gasteiger partial charge in [0.1, 0.15) is 23.9 Å². The maximum atomic E-state index is 13.9. The first-order valence-corrected chi connectivity index (χ1v) is 10.9. The van der Waals surface area contributed by atoms with Crippen molar-refractivity contribution in [2.24, 2.45) is 0 Å². The Kier molecular flexibility index (Phi) is 7.24. The van der Waals surface area contributed by atoms with Crippen LogP contribution in [0, 0.1) is 11.6 Å². The van der Waals surface area contributed by atoms with Crippen molar-refractivity contribution in [1.29, 1.82) is 0 Å². The highest BCUT2D eigenvalue weighted by Gasteiger charge is 2.25. The molecule has 0 bridgehead atoms. The molecule has 0 saturated carbocycles. The van der Waals surface area contributed by atoms with Gasteiger partial charge >= 0.3 is 0 Å². The summed E-state index contributed by atoms with van der Waals surface area (Å²) in [5.74, 6) is 0.398. The van der Waals surface area contributed by atoms with Gasteiger partial charge in [-0.2, -0.15) is 0 Å². The Morgan fingerprint density at radius 3 is 2.33 bits per heavy atom. The third-order valence-corrected chi connectivity index (χ3v) is 5.47. The second kappa shape index (κ2) is 10.5. The highest BCUT2D eigenvalue weighted by atomic mass is 19.2. The fourth-order valence-electron chi connectivity index (χ4n) is 3.70. The number of halogens is 2. The molecule has 2 heterocycles. The molecule has 0 radical (unpaired) electrons. The summed E-state index contributed by atoms with van der Waals surface area (Å²) in [7, 11) is 0. The molecule has 174 valence electrons. The number of furan rings is 1. The van der Waals surface area contributed by atoms with Crippen molar-refractivity contribution >= 4 is 5.91 Å². The Morgan fingerprint density at radius 2 is 1.64 bits per heavy atom. The number of hydrogen-bond acceptors (Lipinski definition) is 5. The first-order valence-electron chi connectivity index (χ1n) is 10.9. The van der Waals surface area contributed by atoms with Gasteiger partial charge < -0.3 is 18.8 Å². The highest BCUT2D eigenvalue weighted by molar-refractivity contribution is 5.91. The normalized spacial score (nSPS) is 14.3. The van der Waals surface area contributed by atoms with E-state index in [9.17, 15) is 13.6 Å². The van der Waals surface area contributed by atoms with Crippen LogP contribution in [0.1, 0.15) is 28.8 Å². The van der Waals surface area contributed by atoms with Gasteiger partial charge in [0, 0.05) is 38.3 Å². The Balaban J connectivity index is 1.26. The second-order valence-electron chi connectivity index (χ2n) is 7.74. The molecular formula is C25H26F2N2O4. The quantitative estimate of drug-likeness (QED) is 0.500. The summed E-state index contributed by atoms with van der Waals surface area (Å²) in [4.78, 5) is 16.5. The fourth-order valence-corrected chi connectivity index (χ4v) is 3.70. The van der Waals surface area contributed by atoms with Crippen molar-refractivity contribution in [2.45, 2.75) is 20.1 Å². The van der Waals surface area contributed by atoms with E-state index in [-0.39, 0.29) is 18.3 Å². The molecule has 6 nitrogen and oxygen atoms in total. The SMILES string of the molecule is CCOc1ccc(OCc2ccc(C(=O)N3CCN(Cc4cccc(F)c4F)CC3)o2)cc1. The lowest BCUT2D eigenvalue weighted by Crippen LogP contribution is -2.48. The van der Waals surface area contributed by atoms with Crippen LogP contribution in [0.5, 0.6) is 11.5 Å². The van der Waals surface area contributed by atoms with Gasteiger partial charge in [-0.1, -0.05) is 12.1 Å². The van der Waals surface area contributed by atoms with Crippen molar-refractivity contribution in [3.05, 3.63) is 83.3 Å². The molecule has 1 aliphatic heterocycles. The van der Waals surface area contributed by atoms with Crippen molar-refractivity contribution in [1.82, 2.24) is 9.80 Å². The largest absolute Gasteiger partial charge is 0.494 e. The molecule has 0 spiro atoms. The van der Waals surface area contributed by atoms with Crippen LogP contribution in [0.3, 0.4) is 0 Å². The van der Waals surface area contributed by atoms with Crippen molar-refractivity contribution in [3.8, 4) is 11.5 Å². The molecule has 0 unspecified atom stereocenters. The molecule has 0 aliphatic carbocycles.